The second-order valence-electron chi connectivity index (χ2n) is 2.07. The zero-order valence-corrected chi connectivity index (χ0v) is 6.76. The molecule has 0 unspecified atom stereocenters. The third kappa shape index (κ3) is 2.23. The molecule has 1 rings (SSSR count). The summed E-state index contributed by atoms with van der Waals surface area (Å²) in [6.07, 6.45) is 1.93. The molecule has 0 aliphatic heterocycles. The van der Waals surface area contributed by atoms with Gasteiger partial charge in [-0.1, -0.05) is 0 Å². The van der Waals surface area contributed by atoms with E-state index in [0.717, 1.165) is 5.69 Å². The molecule has 0 saturated heterocycles. The molecule has 0 fully saturated rings. The number of nitrogens with one attached hydrogen (secondary N) is 1. The van der Waals surface area contributed by atoms with Gasteiger partial charge in [0.15, 0.2) is 0 Å². The van der Waals surface area contributed by atoms with Gasteiger partial charge in [0.05, 0.1) is 12.3 Å². The molecule has 62 valence electrons. The largest absolute Gasteiger partial charge is 0.450 e. The Morgan fingerprint density at radius 3 is 3.18 bits per heavy atom. The van der Waals surface area contributed by atoms with Gasteiger partial charge in [-0.05, 0) is 14.0 Å². The van der Waals surface area contributed by atoms with Gasteiger partial charge < -0.3 is 14.5 Å². The fraction of sp³-hybridized carbons (Fsp3) is 0.571. The van der Waals surface area contributed by atoms with Crippen LogP contribution in [0.4, 0.5) is 0 Å². The summed E-state index contributed by atoms with van der Waals surface area (Å²) in [6, 6.07) is 0. The van der Waals surface area contributed by atoms with Crippen molar-refractivity contribution in [3.8, 4) is 6.08 Å². The number of rotatable bonds is 4. The topological polar surface area (TPSA) is 47.3 Å². The molecule has 0 aliphatic carbocycles. The maximum Gasteiger partial charge on any atom is 0.393 e. The zero-order valence-electron chi connectivity index (χ0n) is 6.76. The normalized spacial score (nSPS) is 10.0. The molecule has 0 aromatic carbocycles. The van der Waals surface area contributed by atoms with Crippen molar-refractivity contribution < 1.29 is 9.15 Å². The van der Waals surface area contributed by atoms with Crippen LogP contribution in [0.2, 0.25) is 0 Å². The number of hydrogen-bond acceptors (Lipinski definition) is 4. The van der Waals surface area contributed by atoms with Crippen molar-refractivity contribution in [1.82, 2.24) is 10.3 Å². The number of hydrogen-bond donors (Lipinski definition) is 1. The van der Waals surface area contributed by atoms with Crippen molar-refractivity contribution in [2.24, 2.45) is 0 Å². The molecule has 0 aliphatic rings. The zero-order chi connectivity index (χ0) is 8.10. The lowest BCUT2D eigenvalue weighted by atomic mass is 10.5. The first-order valence-corrected chi connectivity index (χ1v) is 3.58. The van der Waals surface area contributed by atoms with E-state index in [1.54, 1.807) is 6.26 Å². The van der Waals surface area contributed by atoms with Crippen LogP contribution in [0.15, 0.2) is 10.7 Å². The molecule has 0 bridgehead atoms. The van der Waals surface area contributed by atoms with Gasteiger partial charge in [-0.3, -0.25) is 0 Å². The molecule has 4 heteroatoms. The molecule has 0 spiro atoms. The summed E-state index contributed by atoms with van der Waals surface area (Å²) in [5.74, 6) is 0. The molecule has 0 saturated carbocycles. The quantitative estimate of drug-likeness (QED) is 0.700. The maximum absolute atomic E-state index is 5.03. The van der Waals surface area contributed by atoms with Gasteiger partial charge in [0.2, 0.25) is 0 Å². The first kappa shape index (κ1) is 8.07. The van der Waals surface area contributed by atoms with E-state index >= 15 is 0 Å². The Hall–Kier alpha value is -1.03. The van der Waals surface area contributed by atoms with Crippen LogP contribution in [0.25, 0.3) is 0 Å². The van der Waals surface area contributed by atoms with Crippen LogP contribution < -0.4 is 10.1 Å². The van der Waals surface area contributed by atoms with E-state index in [0.29, 0.717) is 19.2 Å². The van der Waals surface area contributed by atoms with Crippen molar-refractivity contribution in [1.29, 1.82) is 0 Å². The standard InChI is InChI=1S/C7H12N2O2/c1-3-10-7-9-6(4-8-2)5-11-7/h5,8H,3-4H2,1-2H3. The molecule has 1 N–H and O–H groups in total. The lowest BCUT2D eigenvalue weighted by molar-refractivity contribution is 0.244. The lowest BCUT2D eigenvalue weighted by Gasteiger charge is -1.92. The molecule has 4 nitrogen and oxygen atoms in total. The van der Waals surface area contributed by atoms with E-state index in [2.05, 4.69) is 10.3 Å². The Labute approximate surface area is 65.6 Å². The molecular formula is C7H12N2O2. The van der Waals surface area contributed by atoms with Crippen molar-refractivity contribution in [3.05, 3.63) is 12.0 Å². The first-order valence-electron chi connectivity index (χ1n) is 3.58. The number of ether oxygens (including phenoxy) is 1. The van der Waals surface area contributed by atoms with Gasteiger partial charge in [-0.2, -0.15) is 4.98 Å². The number of aromatic nitrogens is 1. The van der Waals surface area contributed by atoms with E-state index in [1.807, 2.05) is 14.0 Å². The molecule has 0 atom stereocenters. The smallest absolute Gasteiger partial charge is 0.393 e. The fourth-order valence-electron chi connectivity index (χ4n) is 0.740. The van der Waals surface area contributed by atoms with Crippen LogP contribution >= 0.6 is 0 Å². The van der Waals surface area contributed by atoms with Gasteiger partial charge in [-0.15, -0.1) is 0 Å². The Balaban J connectivity index is 2.51. The van der Waals surface area contributed by atoms with E-state index < -0.39 is 0 Å². The predicted octanol–water partition coefficient (Wildman–Crippen LogP) is 0.793. The molecule has 0 radical (unpaired) electrons. The van der Waals surface area contributed by atoms with Gasteiger partial charge in [0.1, 0.15) is 6.26 Å². The third-order valence-electron chi connectivity index (χ3n) is 1.16. The van der Waals surface area contributed by atoms with E-state index in [9.17, 15) is 0 Å². The summed E-state index contributed by atoms with van der Waals surface area (Å²) in [4.78, 5) is 4.04. The highest BCUT2D eigenvalue weighted by molar-refractivity contribution is 4.98. The monoisotopic (exact) mass is 156 g/mol. The Bertz CT molecular complexity index is 189. The van der Waals surface area contributed by atoms with Gasteiger partial charge in [0, 0.05) is 6.54 Å². The number of nitrogens with zero attached hydrogens (tertiary/aromatic N) is 1. The van der Waals surface area contributed by atoms with Crippen LogP contribution in [0.1, 0.15) is 12.6 Å². The molecule has 1 heterocycles. The van der Waals surface area contributed by atoms with Crippen LogP contribution in [0.3, 0.4) is 0 Å². The predicted molar refractivity (Wildman–Crippen MR) is 40.4 cm³/mol. The minimum atomic E-state index is 0.345. The second kappa shape index (κ2) is 3.98. The van der Waals surface area contributed by atoms with Crippen molar-refractivity contribution >= 4 is 0 Å². The summed E-state index contributed by atoms with van der Waals surface area (Å²) in [5.41, 5.74) is 0.857. The Morgan fingerprint density at radius 2 is 2.55 bits per heavy atom. The number of oxazole rings is 1. The van der Waals surface area contributed by atoms with Crippen LogP contribution in [0.5, 0.6) is 6.08 Å². The highest BCUT2D eigenvalue weighted by Gasteiger charge is 2.01. The Morgan fingerprint density at radius 1 is 1.73 bits per heavy atom. The average Bonchev–Trinajstić information content (AvgIpc) is 2.38. The molecule has 0 amide bonds. The average molecular weight is 156 g/mol. The molecule has 1 aromatic rings. The first-order chi connectivity index (χ1) is 5.36. The summed E-state index contributed by atoms with van der Waals surface area (Å²) >= 11 is 0. The minimum Gasteiger partial charge on any atom is -0.450 e. The Kier molecular flexibility index (Phi) is 2.92. The van der Waals surface area contributed by atoms with E-state index in [-0.39, 0.29) is 0 Å². The summed E-state index contributed by atoms with van der Waals surface area (Å²) in [7, 11) is 1.86. The van der Waals surface area contributed by atoms with Crippen LogP contribution in [-0.2, 0) is 6.54 Å². The highest BCUT2D eigenvalue weighted by Crippen LogP contribution is 2.08. The van der Waals surface area contributed by atoms with Gasteiger partial charge in [-0.25, -0.2) is 0 Å². The summed E-state index contributed by atoms with van der Waals surface area (Å²) in [6.45, 7) is 3.18. The van der Waals surface area contributed by atoms with E-state index in [4.69, 9.17) is 9.15 Å². The van der Waals surface area contributed by atoms with Gasteiger partial charge in [0.25, 0.3) is 0 Å². The molecular weight excluding hydrogens is 144 g/mol. The SMILES string of the molecule is CCOc1nc(CNC)co1. The highest BCUT2D eigenvalue weighted by atomic mass is 16.6. The third-order valence-corrected chi connectivity index (χ3v) is 1.16. The molecule has 11 heavy (non-hydrogen) atoms. The summed E-state index contributed by atoms with van der Waals surface area (Å²) in [5, 5.41) is 2.96. The van der Waals surface area contributed by atoms with Crippen LogP contribution in [-0.4, -0.2) is 18.6 Å². The van der Waals surface area contributed by atoms with Crippen molar-refractivity contribution in [3.63, 3.8) is 0 Å². The molecule has 1 aromatic heterocycles. The second-order valence-corrected chi connectivity index (χ2v) is 2.07. The van der Waals surface area contributed by atoms with Crippen molar-refractivity contribution in [2.75, 3.05) is 13.7 Å². The van der Waals surface area contributed by atoms with E-state index in [1.165, 1.54) is 0 Å². The van der Waals surface area contributed by atoms with Crippen LogP contribution in [0, 0.1) is 0 Å². The maximum atomic E-state index is 5.03. The fourth-order valence-corrected chi connectivity index (χ4v) is 0.740. The van der Waals surface area contributed by atoms with Crippen molar-refractivity contribution in [2.45, 2.75) is 13.5 Å². The summed E-state index contributed by atoms with van der Waals surface area (Å²) < 4.78 is 10.0. The minimum absolute atomic E-state index is 0.345. The lowest BCUT2D eigenvalue weighted by Crippen LogP contribution is -2.05. The van der Waals surface area contributed by atoms with Gasteiger partial charge >= 0.3 is 6.08 Å².